The van der Waals surface area contributed by atoms with E-state index in [2.05, 4.69) is 10.3 Å². The lowest BCUT2D eigenvalue weighted by Gasteiger charge is -2.10. The summed E-state index contributed by atoms with van der Waals surface area (Å²) in [4.78, 5) is 27.3. The molecule has 1 fully saturated rings. The van der Waals surface area contributed by atoms with Gasteiger partial charge in [0.25, 0.3) is 0 Å². The molecule has 0 unspecified atom stereocenters. The molecule has 0 aromatic carbocycles. The van der Waals surface area contributed by atoms with Crippen molar-refractivity contribution in [2.24, 2.45) is 4.99 Å². The second kappa shape index (κ2) is 2.78. The Hall–Kier alpha value is -1.04. The van der Waals surface area contributed by atoms with Gasteiger partial charge in [-0.3, -0.25) is 20.0 Å². The van der Waals surface area contributed by atoms with E-state index in [4.69, 9.17) is 0 Å². The minimum Gasteiger partial charge on any atom is -0.276 e. The standard InChI is InChI=1S/C6H7N3O2S/c10-4-3-9(5(11)8-4)6-7-1-2-12-6/h1-3H2,(H,8,10,11). The maximum atomic E-state index is 11.1. The van der Waals surface area contributed by atoms with Gasteiger partial charge in [-0.1, -0.05) is 11.8 Å². The summed E-state index contributed by atoms with van der Waals surface area (Å²) < 4.78 is 0. The Kier molecular flexibility index (Phi) is 1.76. The summed E-state index contributed by atoms with van der Waals surface area (Å²) in [6.07, 6.45) is 0. The first-order valence-electron chi connectivity index (χ1n) is 3.56. The van der Waals surface area contributed by atoms with E-state index in [1.54, 1.807) is 0 Å². The molecule has 12 heavy (non-hydrogen) atoms. The molecule has 0 saturated carbocycles. The third-order valence-electron chi connectivity index (χ3n) is 1.59. The van der Waals surface area contributed by atoms with Gasteiger partial charge in [0.05, 0.1) is 6.54 Å². The number of carbonyl (C=O) groups excluding carboxylic acids is 2. The number of amides is 3. The number of hydrogen-bond donors (Lipinski definition) is 1. The topological polar surface area (TPSA) is 61.8 Å². The number of thioether (sulfide) groups is 1. The van der Waals surface area contributed by atoms with E-state index < -0.39 is 0 Å². The van der Waals surface area contributed by atoms with Crippen LogP contribution < -0.4 is 5.32 Å². The lowest BCUT2D eigenvalue weighted by Crippen LogP contribution is -2.31. The molecule has 0 bridgehead atoms. The first-order valence-corrected chi connectivity index (χ1v) is 4.54. The van der Waals surface area contributed by atoms with E-state index >= 15 is 0 Å². The van der Waals surface area contributed by atoms with Crippen LogP contribution in [0.2, 0.25) is 0 Å². The fourth-order valence-electron chi connectivity index (χ4n) is 1.08. The maximum Gasteiger partial charge on any atom is 0.330 e. The van der Waals surface area contributed by atoms with Gasteiger partial charge in [0, 0.05) is 5.75 Å². The lowest BCUT2D eigenvalue weighted by molar-refractivity contribution is -0.118. The van der Waals surface area contributed by atoms with Crippen molar-refractivity contribution in [2.75, 3.05) is 18.8 Å². The summed E-state index contributed by atoms with van der Waals surface area (Å²) in [5.74, 6) is 0.642. The molecular formula is C6H7N3O2S. The van der Waals surface area contributed by atoms with E-state index in [1.165, 1.54) is 16.7 Å². The number of nitrogens with one attached hydrogen (secondary N) is 1. The zero-order chi connectivity index (χ0) is 8.55. The molecule has 1 saturated heterocycles. The van der Waals surface area contributed by atoms with Crippen LogP contribution in [0.4, 0.5) is 4.79 Å². The zero-order valence-corrected chi connectivity index (χ0v) is 7.06. The summed E-state index contributed by atoms with van der Waals surface area (Å²) >= 11 is 1.51. The molecule has 2 aliphatic rings. The minimum atomic E-state index is -0.354. The van der Waals surface area contributed by atoms with Crippen LogP contribution in [0.3, 0.4) is 0 Å². The highest BCUT2D eigenvalue weighted by atomic mass is 32.2. The van der Waals surface area contributed by atoms with Crippen LogP contribution in [0, 0.1) is 0 Å². The van der Waals surface area contributed by atoms with Gasteiger partial charge < -0.3 is 0 Å². The number of hydrogen-bond acceptors (Lipinski definition) is 4. The normalized spacial score (nSPS) is 23.0. The SMILES string of the molecule is O=C1CN(C2=NCCS2)C(=O)N1. The number of aliphatic imine (C=N–C) groups is 1. The molecule has 5 nitrogen and oxygen atoms in total. The largest absolute Gasteiger partial charge is 0.330 e. The van der Waals surface area contributed by atoms with E-state index in [0.29, 0.717) is 5.17 Å². The Morgan fingerprint density at radius 2 is 2.33 bits per heavy atom. The number of amidine groups is 1. The van der Waals surface area contributed by atoms with Crippen LogP contribution in [0.5, 0.6) is 0 Å². The third kappa shape index (κ3) is 1.18. The van der Waals surface area contributed by atoms with Crippen molar-refractivity contribution in [3.8, 4) is 0 Å². The molecule has 0 radical (unpaired) electrons. The van der Waals surface area contributed by atoms with Gasteiger partial charge in [-0.05, 0) is 0 Å². The first kappa shape index (κ1) is 7.60. The Morgan fingerprint density at radius 1 is 1.50 bits per heavy atom. The van der Waals surface area contributed by atoms with Crippen LogP contribution in [-0.4, -0.2) is 40.8 Å². The lowest BCUT2D eigenvalue weighted by atomic mass is 10.6. The van der Waals surface area contributed by atoms with Crippen LogP contribution >= 0.6 is 11.8 Å². The molecule has 64 valence electrons. The van der Waals surface area contributed by atoms with Gasteiger partial charge in [-0.15, -0.1) is 0 Å². The summed E-state index contributed by atoms with van der Waals surface area (Å²) in [6.45, 7) is 0.850. The van der Waals surface area contributed by atoms with Crippen molar-refractivity contribution in [1.82, 2.24) is 10.2 Å². The highest BCUT2D eigenvalue weighted by molar-refractivity contribution is 8.14. The van der Waals surface area contributed by atoms with Crippen molar-refractivity contribution in [1.29, 1.82) is 0 Å². The van der Waals surface area contributed by atoms with Crippen LogP contribution in [-0.2, 0) is 4.79 Å². The Morgan fingerprint density at radius 3 is 2.83 bits per heavy atom. The van der Waals surface area contributed by atoms with E-state index in [1.807, 2.05) is 0 Å². The molecule has 2 heterocycles. The van der Waals surface area contributed by atoms with E-state index in [-0.39, 0.29) is 18.5 Å². The van der Waals surface area contributed by atoms with Crippen molar-refractivity contribution in [3.05, 3.63) is 0 Å². The fraction of sp³-hybridized carbons (Fsp3) is 0.500. The van der Waals surface area contributed by atoms with Crippen molar-refractivity contribution >= 4 is 28.9 Å². The molecule has 0 atom stereocenters. The van der Waals surface area contributed by atoms with Crippen LogP contribution in [0.15, 0.2) is 4.99 Å². The quantitative estimate of drug-likeness (QED) is 0.524. The van der Waals surface area contributed by atoms with Crippen molar-refractivity contribution in [2.45, 2.75) is 0 Å². The number of imide groups is 1. The average molecular weight is 185 g/mol. The number of carbonyl (C=O) groups is 2. The van der Waals surface area contributed by atoms with Gasteiger partial charge in [-0.2, -0.15) is 0 Å². The van der Waals surface area contributed by atoms with Crippen LogP contribution in [0.1, 0.15) is 0 Å². The van der Waals surface area contributed by atoms with Crippen LogP contribution in [0.25, 0.3) is 0 Å². The predicted octanol–water partition coefficient (Wildman–Crippen LogP) is -0.359. The second-order valence-corrected chi connectivity index (χ2v) is 3.51. The van der Waals surface area contributed by atoms with Gasteiger partial charge in [-0.25, -0.2) is 4.79 Å². The fourth-order valence-corrected chi connectivity index (χ4v) is 1.93. The summed E-state index contributed by atoms with van der Waals surface area (Å²) in [5, 5.41) is 2.86. The Labute approximate surface area is 73.2 Å². The number of nitrogens with zero attached hydrogens (tertiary/aromatic N) is 2. The first-order chi connectivity index (χ1) is 5.77. The van der Waals surface area contributed by atoms with Crippen molar-refractivity contribution < 1.29 is 9.59 Å². The molecule has 0 aromatic rings. The predicted molar refractivity (Wildman–Crippen MR) is 45.0 cm³/mol. The van der Waals surface area contributed by atoms with Gasteiger partial charge in [0.15, 0.2) is 5.17 Å². The smallest absolute Gasteiger partial charge is 0.276 e. The zero-order valence-electron chi connectivity index (χ0n) is 6.24. The third-order valence-corrected chi connectivity index (χ3v) is 2.59. The molecule has 0 aliphatic carbocycles. The molecule has 0 spiro atoms. The second-order valence-electron chi connectivity index (χ2n) is 2.45. The molecule has 1 N–H and O–H groups in total. The van der Waals surface area contributed by atoms with E-state index in [0.717, 1.165) is 12.3 Å². The summed E-state index contributed by atoms with van der Waals surface area (Å²) in [5.41, 5.74) is 0. The minimum absolute atomic E-state index is 0.116. The average Bonchev–Trinajstić information content (AvgIpc) is 2.58. The summed E-state index contributed by atoms with van der Waals surface area (Å²) in [7, 11) is 0. The van der Waals surface area contributed by atoms with Gasteiger partial charge in [0.2, 0.25) is 5.91 Å². The highest BCUT2D eigenvalue weighted by Crippen LogP contribution is 2.16. The monoisotopic (exact) mass is 185 g/mol. The summed E-state index contributed by atoms with van der Waals surface area (Å²) in [6, 6.07) is -0.354. The molecule has 2 rings (SSSR count). The molecule has 0 aromatic heterocycles. The Balaban J connectivity index is 2.13. The van der Waals surface area contributed by atoms with E-state index in [9.17, 15) is 9.59 Å². The molecule has 3 amide bonds. The Bertz CT molecular complexity index is 276. The van der Waals surface area contributed by atoms with Gasteiger partial charge in [0.1, 0.15) is 6.54 Å². The molecular weight excluding hydrogens is 178 g/mol. The highest BCUT2D eigenvalue weighted by Gasteiger charge is 2.31. The molecule has 6 heteroatoms. The maximum absolute atomic E-state index is 11.1. The number of rotatable bonds is 0. The molecule has 2 aliphatic heterocycles. The van der Waals surface area contributed by atoms with Gasteiger partial charge >= 0.3 is 6.03 Å². The number of urea groups is 1. The van der Waals surface area contributed by atoms with Crippen molar-refractivity contribution in [3.63, 3.8) is 0 Å².